The zero-order valence-corrected chi connectivity index (χ0v) is 10.9. The molecule has 2 N–H and O–H groups in total. The van der Waals surface area contributed by atoms with Gasteiger partial charge < -0.3 is 10.4 Å². The Kier molecular flexibility index (Phi) is 4.97. The number of aliphatic hydroxyl groups excluding tert-OH is 1. The summed E-state index contributed by atoms with van der Waals surface area (Å²) in [4.78, 5) is 0. The Hall–Kier alpha value is -1.12. The predicted octanol–water partition coefficient (Wildman–Crippen LogP) is 2.84. The molecule has 1 fully saturated rings. The van der Waals surface area contributed by atoms with Crippen molar-refractivity contribution in [2.45, 2.75) is 31.7 Å². The zero-order valence-electron chi connectivity index (χ0n) is 10.9. The van der Waals surface area contributed by atoms with Gasteiger partial charge in [-0.2, -0.15) is 0 Å². The van der Waals surface area contributed by atoms with E-state index in [1.165, 1.54) is 24.8 Å². The van der Waals surface area contributed by atoms with E-state index in [4.69, 9.17) is 0 Å². The summed E-state index contributed by atoms with van der Waals surface area (Å²) in [5, 5.41) is 12.9. The van der Waals surface area contributed by atoms with Crippen molar-refractivity contribution in [3.05, 3.63) is 42.5 Å². The van der Waals surface area contributed by atoms with Crippen molar-refractivity contribution in [3.63, 3.8) is 0 Å². The highest BCUT2D eigenvalue weighted by molar-refractivity contribution is 5.64. The molecule has 1 aliphatic rings. The molecule has 2 nitrogen and oxygen atoms in total. The molecule has 18 heavy (non-hydrogen) atoms. The molecule has 0 bridgehead atoms. The molecule has 1 aliphatic carbocycles. The van der Waals surface area contributed by atoms with Gasteiger partial charge >= 0.3 is 0 Å². The van der Waals surface area contributed by atoms with Gasteiger partial charge in [-0.25, -0.2) is 0 Å². The highest BCUT2D eigenvalue weighted by Gasteiger charge is 2.23. The third kappa shape index (κ3) is 3.44. The van der Waals surface area contributed by atoms with E-state index >= 15 is 0 Å². The predicted molar refractivity (Wildman–Crippen MR) is 76.3 cm³/mol. The van der Waals surface area contributed by atoms with Gasteiger partial charge in [0.2, 0.25) is 0 Å². The van der Waals surface area contributed by atoms with E-state index in [2.05, 4.69) is 24.0 Å². The average Bonchev–Trinajstić information content (AvgIpc) is 2.46. The van der Waals surface area contributed by atoms with Crippen LogP contribution in [0.1, 0.15) is 31.2 Å². The summed E-state index contributed by atoms with van der Waals surface area (Å²) >= 11 is 0. The van der Waals surface area contributed by atoms with Crippen molar-refractivity contribution in [3.8, 4) is 0 Å². The molecule has 1 aromatic rings. The van der Waals surface area contributed by atoms with Gasteiger partial charge in [-0.05, 0) is 29.9 Å². The van der Waals surface area contributed by atoms with Gasteiger partial charge in [0, 0.05) is 19.2 Å². The minimum atomic E-state index is 0.301. The summed E-state index contributed by atoms with van der Waals surface area (Å²) in [6.45, 7) is 5.25. The van der Waals surface area contributed by atoms with Crippen LogP contribution in [0, 0.1) is 5.92 Å². The first-order valence-electron chi connectivity index (χ1n) is 6.88. The molecule has 98 valence electrons. The number of hydrogen-bond donors (Lipinski definition) is 2. The van der Waals surface area contributed by atoms with Crippen LogP contribution in [0.25, 0.3) is 5.57 Å². The first-order chi connectivity index (χ1) is 8.81. The number of nitrogens with one attached hydrogen (secondary N) is 1. The molecule has 0 aliphatic heterocycles. The summed E-state index contributed by atoms with van der Waals surface area (Å²) in [6, 6.07) is 10.7. The molecule has 0 saturated heterocycles. The fraction of sp³-hybridized carbons (Fsp3) is 0.500. The number of benzene rings is 1. The fourth-order valence-electron chi connectivity index (χ4n) is 2.73. The molecule has 0 aromatic heterocycles. The van der Waals surface area contributed by atoms with Crippen LogP contribution in [0.2, 0.25) is 0 Å². The Morgan fingerprint density at radius 2 is 1.94 bits per heavy atom. The molecule has 0 radical (unpaired) electrons. The van der Waals surface area contributed by atoms with Crippen LogP contribution >= 0.6 is 0 Å². The zero-order chi connectivity index (χ0) is 12.8. The fourth-order valence-corrected chi connectivity index (χ4v) is 2.73. The van der Waals surface area contributed by atoms with Crippen LogP contribution in [-0.2, 0) is 0 Å². The second-order valence-corrected chi connectivity index (χ2v) is 5.18. The van der Waals surface area contributed by atoms with Crippen molar-refractivity contribution < 1.29 is 5.11 Å². The average molecular weight is 245 g/mol. The quantitative estimate of drug-likeness (QED) is 0.836. The maximum absolute atomic E-state index is 9.38. The molecule has 1 saturated carbocycles. The molecular formula is C16H23NO. The highest BCUT2D eigenvalue weighted by atomic mass is 16.3. The molecule has 2 rings (SSSR count). The monoisotopic (exact) mass is 245 g/mol. The van der Waals surface area contributed by atoms with Crippen molar-refractivity contribution >= 4 is 5.57 Å². The smallest absolute Gasteiger partial charge is 0.0474 e. The summed E-state index contributed by atoms with van der Waals surface area (Å²) in [5.74, 6) is 0.419. The van der Waals surface area contributed by atoms with Gasteiger partial charge in [0.15, 0.2) is 0 Å². The summed E-state index contributed by atoms with van der Waals surface area (Å²) in [5.41, 5.74) is 2.32. The van der Waals surface area contributed by atoms with Crippen LogP contribution in [0.4, 0.5) is 0 Å². The lowest BCUT2D eigenvalue weighted by atomic mass is 9.85. The Labute approximate surface area is 110 Å². The van der Waals surface area contributed by atoms with Crippen LogP contribution in [0.5, 0.6) is 0 Å². The van der Waals surface area contributed by atoms with E-state index in [0.29, 0.717) is 18.6 Å². The van der Waals surface area contributed by atoms with Gasteiger partial charge in [0.1, 0.15) is 0 Å². The minimum Gasteiger partial charge on any atom is -0.396 e. The molecule has 2 heteroatoms. The lowest BCUT2D eigenvalue weighted by Gasteiger charge is -2.31. The summed E-state index contributed by atoms with van der Waals surface area (Å²) in [6.07, 6.45) is 4.84. The first kappa shape index (κ1) is 13.3. The largest absolute Gasteiger partial charge is 0.396 e. The van der Waals surface area contributed by atoms with Gasteiger partial charge in [0.05, 0.1) is 0 Å². The number of rotatable bonds is 5. The third-order valence-corrected chi connectivity index (χ3v) is 3.90. The Morgan fingerprint density at radius 1 is 1.22 bits per heavy atom. The summed E-state index contributed by atoms with van der Waals surface area (Å²) < 4.78 is 0. The van der Waals surface area contributed by atoms with Crippen LogP contribution in [-0.4, -0.2) is 24.3 Å². The van der Waals surface area contributed by atoms with Gasteiger partial charge in [-0.15, -0.1) is 0 Å². The third-order valence-electron chi connectivity index (χ3n) is 3.90. The Balaban J connectivity index is 1.85. The van der Waals surface area contributed by atoms with E-state index in [1.54, 1.807) is 0 Å². The van der Waals surface area contributed by atoms with Crippen LogP contribution < -0.4 is 5.32 Å². The maximum atomic E-state index is 9.38. The van der Waals surface area contributed by atoms with E-state index in [0.717, 1.165) is 18.5 Å². The van der Waals surface area contributed by atoms with E-state index in [-0.39, 0.29) is 0 Å². The Bertz CT molecular complexity index is 374. The van der Waals surface area contributed by atoms with Crippen molar-refractivity contribution in [2.75, 3.05) is 13.2 Å². The van der Waals surface area contributed by atoms with Crippen LogP contribution in [0.15, 0.2) is 36.9 Å². The Morgan fingerprint density at radius 3 is 2.67 bits per heavy atom. The van der Waals surface area contributed by atoms with E-state index in [9.17, 15) is 5.11 Å². The molecule has 1 aromatic carbocycles. The molecule has 0 amide bonds. The van der Waals surface area contributed by atoms with Gasteiger partial charge in [0.25, 0.3) is 0 Å². The molecule has 2 unspecified atom stereocenters. The second kappa shape index (κ2) is 6.72. The lowest BCUT2D eigenvalue weighted by molar-refractivity contribution is 0.155. The summed E-state index contributed by atoms with van der Waals surface area (Å²) in [7, 11) is 0. The number of hydrogen-bond acceptors (Lipinski definition) is 2. The molecular weight excluding hydrogens is 222 g/mol. The molecule has 0 heterocycles. The van der Waals surface area contributed by atoms with Gasteiger partial charge in [-0.3, -0.25) is 0 Å². The van der Waals surface area contributed by atoms with E-state index < -0.39 is 0 Å². The normalized spacial score (nSPS) is 23.8. The number of aliphatic hydroxyl groups is 1. The van der Waals surface area contributed by atoms with Crippen LogP contribution in [0.3, 0.4) is 0 Å². The SMILES string of the molecule is C=C(CNC1CCCCC1CO)c1ccccc1. The van der Waals surface area contributed by atoms with Crippen molar-refractivity contribution in [1.29, 1.82) is 0 Å². The van der Waals surface area contributed by atoms with Gasteiger partial charge in [-0.1, -0.05) is 49.8 Å². The second-order valence-electron chi connectivity index (χ2n) is 5.18. The van der Waals surface area contributed by atoms with Crippen molar-refractivity contribution in [2.24, 2.45) is 5.92 Å². The topological polar surface area (TPSA) is 32.3 Å². The molecule has 0 spiro atoms. The standard InChI is InChI=1S/C16H23NO/c1-13(14-7-3-2-4-8-14)11-17-16-10-6-5-9-15(16)12-18/h2-4,7-8,15-18H,1,5-6,9-12H2. The van der Waals surface area contributed by atoms with Crippen molar-refractivity contribution in [1.82, 2.24) is 5.32 Å². The minimum absolute atomic E-state index is 0.301. The molecule has 2 atom stereocenters. The van der Waals surface area contributed by atoms with E-state index in [1.807, 2.05) is 18.2 Å². The maximum Gasteiger partial charge on any atom is 0.0474 e. The first-order valence-corrected chi connectivity index (χ1v) is 6.88. The highest BCUT2D eigenvalue weighted by Crippen LogP contribution is 2.24. The lowest BCUT2D eigenvalue weighted by Crippen LogP contribution is -2.40.